The number of aryl methyl sites for hydroxylation is 1. The van der Waals surface area contributed by atoms with E-state index >= 15 is 0 Å². The zero-order valence-corrected chi connectivity index (χ0v) is 15.0. The zero-order valence-electron chi connectivity index (χ0n) is 14.2. The summed E-state index contributed by atoms with van der Waals surface area (Å²) in [6.45, 7) is 4.04. The fourth-order valence-electron chi connectivity index (χ4n) is 2.62. The predicted molar refractivity (Wildman–Crippen MR) is 99.5 cm³/mol. The van der Waals surface area contributed by atoms with Crippen molar-refractivity contribution in [2.75, 3.05) is 18.0 Å². The van der Waals surface area contributed by atoms with Crippen LogP contribution in [0.5, 0.6) is 0 Å². The molecule has 0 saturated carbocycles. The van der Waals surface area contributed by atoms with Crippen LogP contribution in [0, 0.1) is 6.92 Å². The lowest BCUT2D eigenvalue weighted by Crippen LogP contribution is -2.24. The summed E-state index contributed by atoms with van der Waals surface area (Å²) in [6, 6.07) is 9.38. The van der Waals surface area contributed by atoms with E-state index in [4.69, 9.17) is 0 Å². The van der Waals surface area contributed by atoms with Crippen LogP contribution in [0.25, 0.3) is 6.08 Å². The van der Waals surface area contributed by atoms with Crippen molar-refractivity contribution in [2.45, 2.75) is 26.3 Å². The van der Waals surface area contributed by atoms with Gasteiger partial charge < -0.3 is 4.90 Å². The Labute approximate surface area is 148 Å². The van der Waals surface area contributed by atoms with Crippen molar-refractivity contribution in [3.63, 3.8) is 0 Å². The molecule has 132 valence electrons. The molecule has 1 aliphatic rings. The molecule has 0 amide bonds. The molecule has 0 radical (unpaired) electrons. The van der Waals surface area contributed by atoms with E-state index in [1.165, 1.54) is 5.41 Å². The van der Waals surface area contributed by atoms with Crippen LogP contribution in [0.4, 0.5) is 5.95 Å². The minimum absolute atomic E-state index is 0.143. The maximum atomic E-state index is 12.1. The van der Waals surface area contributed by atoms with Crippen molar-refractivity contribution >= 4 is 22.0 Å². The van der Waals surface area contributed by atoms with Crippen LogP contribution in [-0.4, -0.2) is 31.5 Å². The topological polar surface area (TPSA) is 75.2 Å². The van der Waals surface area contributed by atoms with E-state index in [9.17, 15) is 8.42 Å². The lowest BCUT2D eigenvalue weighted by Gasteiger charge is -2.15. The van der Waals surface area contributed by atoms with Crippen molar-refractivity contribution in [3.05, 3.63) is 58.8 Å². The minimum atomic E-state index is -3.52. The maximum absolute atomic E-state index is 12.1. The summed E-state index contributed by atoms with van der Waals surface area (Å²) in [5, 5.41) is 1.18. The van der Waals surface area contributed by atoms with E-state index in [1.54, 1.807) is 18.3 Å². The Morgan fingerprint density at radius 3 is 2.60 bits per heavy atom. The number of sulfonamides is 1. The Morgan fingerprint density at radius 1 is 1.16 bits per heavy atom. The normalized spacial score (nSPS) is 15.2. The van der Waals surface area contributed by atoms with Crippen molar-refractivity contribution < 1.29 is 8.42 Å². The molecule has 1 saturated heterocycles. The van der Waals surface area contributed by atoms with E-state index in [-0.39, 0.29) is 6.54 Å². The third kappa shape index (κ3) is 5.11. The van der Waals surface area contributed by atoms with Crippen LogP contribution in [0.15, 0.2) is 41.9 Å². The fourth-order valence-corrected chi connectivity index (χ4v) is 3.40. The number of hydrogen-bond donors (Lipinski definition) is 1. The van der Waals surface area contributed by atoms with Gasteiger partial charge in [0.25, 0.3) is 0 Å². The van der Waals surface area contributed by atoms with Crippen LogP contribution < -0.4 is 9.62 Å². The summed E-state index contributed by atoms with van der Waals surface area (Å²) < 4.78 is 26.8. The number of rotatable bonds is 6. The van der Waals surface area contributed by atoms with Crippen LogP contribution in [0.1, 0.15) is 29.7 Å². The van der Waals surface area contributed by atoms with Gasteiger partial charge in [0, 0.05) is 24.7 Å². The molecule has 0 unspecified atom stereocenters. The molecule has 1 N–H and O–H groups in total. The van der Waals surface area contributed by atoms with Crippen LogP contribution in [-0.2, 0) is 16.6 Å². The van der Waals surface area contributed by atoms with Gasteiger partial charge in [0.2, 0.25) is 16.0 Å². The molecule has 2 heterocycles. The first kappa shape index (κ1) is 17.6. The Kier molecular flexibility index (Phi) is 5.45. The highest BCUT2D eigenvalue weighted by atomic mass is 32.2. The lowest BCUT2D eigenvalue weighted by molar-refractivity contribution is 0.589. The van der Waals surface area contributed by atoms with Gasteiger partial charge in [-0.25, -0.2) is 23.1 Å². The SMILES string of the molecule is Cc1ccc(/C=C/S(=O)(=O)NCc2ccnc(N3CCCC3)n2)cc1. The Hall–Kier alpha value is -2.25. The first-order valence-electron chi connectivity index (χ1n) is 8.33. The summed E-state index contributed by atoms with van der Waals surface area (Å²) in [6.07, 6.45) is 5.54. The van der Waals surface area contributed by atoms with Crippen LogP contribution in [0.2, 0.25) is 0 Å². The highest BCUT2D eigenvalue weighted by Crippen LogP contribution is 2.15. The zero-order chi connectivity index (χ0) is 17.7. The Bertz CT molecular complexity index is 842. The molecule has 1 aromatic carbocycles. The number of anilines is 1. The fraction of sp³-hybridized carbons (Fsp3) is 0.333. The first-order valence-corrected chi connectivity index (χ1v) is 9.88. The van der Waals surface area contributed by atoms with Gasteiger partial charge in [0.1, 0.15) is 0 Å². The standard InChI is InChI=1S/C18H22N4O2S/c1-15-4-6-16(7-5-15)9-13-25(23,24)20-14-17-8-10-19-18(21-17)22-11-2-3-12-22/h4-10,13,20H,2-3,11-12,14H2,1H3/b13-9+. The van der Waals surface area contributed by atoms with Crippen LogP contribution in [0.3, 0.4) is 0 Å². The summed E-state index contributed by atoms with van der Waals surface area (Å²) in [5.41, 5.74) is 2.63. The van der Waals surface area contributed by atoms with Crippen molar-refractivity contribution in [3.8, 4) is 0 Å². The number of nitrogens with one attached hydrogen (secondary N) is 1. The molecule has 25 heavy (non-hydrogen) atoms. The molecule has 0 bridgehead atoms. The van der Waals surface area contributed by atoms with E-state index < -0.39 is 10.0 Å². The monoisotopic (exact) mass is 358 g/mol. The van der Waals surface area contributed by atoms with Gasteiger partial charge in [-0.1, -0.05) is 29.8 Å². The molecule has 6 nitrogen and oxygen atoms in total. The maximum Gasteiger partial charge on any atom is 0.234 e. The predicted octanol–water partition coefficient (Wildman–Crippen LogP) is 2.48. The summed E-state index contributed by atoms with van der Waals surface area (Å²) in [7, 11) is -3.52. The van der Waals surface area contributed by atoms with Gasteiger partial charge in [0.15, 0.2) is 0 Å². The molecule has 7 heteroatoms. The molecule has 2 aromatic rings. The molecule has 0 aliphatic carbocycles. The smallest absolute Gasteiger partial charge is 0.234 e. The minimum Gasteiger partial charge on any atom is -0.341 e. The number of nitrogens with zero attached hydrogens (tertiary/aromatic N) is 3. The van der Waals surface area contributed by atoms with Gasteiger partial charge in [0.05, 0.1) is 12.2 Å². The molecular formula is C18H22N4O2S. The lowest BCUT2D eigenvalue weighted by atomic mass is 10.2. The van der Waals surface area contributed by atoms with E-state index in [0.717, 1.165) is 37.1 Å². The highest BCUT2D eigenvalue weighted by molar-refractivity contribution is 7.92. The van der Waals surface area contributed by atoms with Crippen LogP contribution >= 0.6 is 0 Å². The third-order valence-electron chi connectivity index (χ3n) is 4.06. The summed E-state index contributed by atoms with van der Waals surface area (Å²) in [4.78, 5) is 10.8. The van der Waals surface area contributed by atoms with Gasteiger partial charge in [-0.2, -0.15) is 0 Å². The first-order chi connectivity index (χ1) is 12.0. The molecule has 1 fully saturated rings. The molecule has 0 atom stereocenters. The highest BCUT2D eigenvalue weighted by Gasteiger charge is 2.15. The average molecular weight is 358 g/mol. The molecular weight excluding hydrogens is 336 g/mol. The average Bonchev–Trinajstić information content (AvgIpc) is 3.15. The van der Waals surface area contributed by atoms with Crippen molar-refractivity contribution in [1.29, 1.82) is 0 Å². The molecule has 0 spiro atoms. The van der Waals surface area contributed by atoms with Gasteiger partial charge in [-0.15, -0.1) is 0 Å². The number of hydrogen-bond acceptors (Lipinski definition) is 5. The number of benzene rings is 1. The van der Waals surface area contributed by atoms with Crippen molar-refractivity contribution in [2.24, 2.45) is 0 Å². The van der Waals surface area contributed by atoms with Crippen molar-refractivity contribution in [1.82, 2.24) is 14.7 Å². The Morgan fingerprint density at radius 2 is 1.88 bits per heavy atom. The molecule has 1 aliphatic heterocycles. The number of aromatic nitrogens is 2. The quantitative estimate of drug-likeness (QED) is 0.859. The van der Waals surface area contributed by atoms with Gasteiger partial charge >= 0.3 is 0 Å². The third-order valence-corrected chi connectivity index (χ3v) is 5.10. The summed E-state index contributed by atoms with van der Waals surface area (Å²) in [5.74, 6) is 0.671. The van der Waals surface area contributed by atoms with Gasteiger partial charge in [-0.3, -0.25) is 0 Å². The van der Waals surface area contributed by atoms with E-state index in [0.29, 0.717) is 11.6 Å². The van der Waals surface area contributed by atoms with E-state index in [2.05, 4.69) is 19.6 Å². The van der Waals surface area contributed by atoms with E-state index in [1.807, 2.05) is 31.2 Å². The largest absolute Gasteiger partial charge is 0.341 e. The second-order valence-corrected chi connectivity index (χ2v) is 7.77. The molecule has 1 aromatic heterocycles. The summed E-state index contributed by atoms with van der Waals surface area (Å²) >= 11 is 0. The van der Waals surface area contributed by atoms with Gasteiger partial charge in [-0.05, 0) is 37.5 Å². The second kappa shape index (κ2) is 7.76. The molecule has 3 rings (SSSR count). The second-order valence-electron chi connectivity index (χ2n) is 6.12. The Balaban J connectivity index is 1.61.